The van der Waals surface area contributed by atoms with Crippen LogP contribution in [-0.4, -0.2) is 22.7 Å². The molecule has 0 spiro atoms. The van der Waals surface area contributed by atoms with Crippen molar-refractivity contribution >= 4 is 11.6 Å². The second kappa shape index (κ2) is 4.12. The molecule has 1 N–H and O–H groups in total. The van der Waals surface area contributed by atoms with E-state index in [9.17, 15) is 18.3 Å². The average Bonchev–Trinajstić information content (AvgIpc) is 2.51. The fourth-order valence-electron chi connectivity index (χ4n) is 1.88. The van der Waals surface area contributed by atoms with Crippen LogP contribution in [0.5, 0.6) is 0 Å². The van der Waals surface area contributed by atoms with Gasteiger partial charge in [-0.3, -0.25) is 0 Å². The molecule has 94 valence electrons. The first kappa shape index (κ1) is 12.6. The van der Waals surface area contributed by atoms with Gasteiger partial charge in [-0.15, -0.1) is 0 Å². The minimum atomic E-state index is -3.22. The van der Waals surface area contributed by atoms with Crippen molar-refractivity contribution in [3.8, 4) is 0 Å². The van der Waals surface area contributed by atoms with E-state index in [1.165, 1.54) is 12.3 Å². The zero-order valence-electron chi connectivity index (χ0n) is 8.70. The van der Waals surface area contributed by atoms with Gasteiger partial charge in [0.2, 0.25) is 0 Å². The number of aromatic nitrogens is 1. The number of rotatable bonds is 2. The summed E-state index contributed by atoms with van der Waals surface area (Å²) in [5.74, 6) is 0. The van der Waals surface area contributed by atoms with E-state index in [2.05, 4.69) is 4.98 Å². The SMILES string of the molecule is CC1(C(F)C(F)F)OC(O)c2cnc(Cl)cc21. The van der Waals surface area contributed by atoms with E-state index in [1.807, 2.05) is 0 Å². The van der Waals surface area contributed by atoms with Gasteiger partial charge in [0.1, 0.15) is 10.8 Å². The van der Waals surface area contributed by atoms with Gasteiger partial charge < -0.3 is 9.84 Å². The molecule has 3 nitrogen and oxygen atoms in total. The van der Waals surface area contributed by atoms with Gasteiger partial charge in [-0.05, 0) is 18.6 Å². The van der Waals surface area contributed by atoms with Crippen molar-refractivity contribution in [1.82, 2.24) is 4.98 Å². The van der Waals surface area contributed by atoms with Gasteiger partial charge in [-0.25, -0.2) is 18.2 Å². The number of aliphatic hydroxyl groups is 1. The van der Waals surface area contributed by atoms with Crippen LogP contribution in [0.2, 0.25) is 5.15 Å². The van der Waals surface area contributed by atoms with Gasteiger partial charge in [0.15, 0.2) is 12.5 Å². The lowest BCUT2D eigenvalue weighted by Gasteiger charge is -2.28. The van der Waals surface area contributed by atoms with Gasteiger partial charge in [0.25, 0.3) is 6.43 Å². The summed E-state index contributed by atoms with van der Waals surface area (Å²) in [7, 11) is 0. The van der Waals surface area contributed by atoms with Crippen LogP contribution in [0.4, 0.5) is 13.2 Å². The van der Waals surface area contributed by atoms with Crippen molar-refractivity contribution in [2.24, 2.45) is 0 Å². The summed E-state index contributed by atoms with van der Waals surface area (Å²) in [6.45, 7) is 1.15. The first-order chi connectivity index (χ1) is 7.86. The van der Waals surface area contributed by atoms with Crippen molar-refractivity contribution in [1.29, 1.82) is 0 Å². The lowest BCUT2D eigenvalue weighted by atomic mass is 9.91. The first-order valence-electron chi connectivity index (χ1n) is 4.80. The molecule has 1 aliphatic rings. The minimum Gasteiger partial charge on any atom is -0.364 e. The molecule has 7 heteroatoms. The Morgan fingerprint density at radius 2 is 2.18 bits per heavy atom. The molecule has 0 amide bonds. The molecule has 17 heavy (non-hydrogen) atoms. The highest BCUT2D eigenvalue weighted by molar-refractivity contribution is 6.29. The second-order valence-corrected chi connectivity index (χ2v) is 4.30. The molecule has 2 heterocycles. The third kappa shape index (κ3) is 1.90. The maximum absolute atomic E-state index is 13.5. The van der Waals surface area contributed by atoms with Crippen molar-refractivity contribution in [2.75, 3.05) is 0 Å². The summed E-state index contributed by atoms with van der Waals surface area (Å²) in [5.41, 5.74) is -1.67. The number of hydrogen-bond acceptors (Lipinski definition) is 3. The monoisotopic (exact) mass is 267 g/mol. The van der Waals surface area contributed by atoms with E-state index in [1.54, 1.807) is 0 Å². The van der Waals surface area contributed by atoms with Crippen LogP contribution in [0.3, 0.4) is 0 Å². The largest absolute Gasteiger partial charge is 0.364 e. The highest BCUT2D eigenvalue weighted by Crippen LogP contribution is 2.46. The van der Waals surface area contributed by atoms with E-state index in [-0.39, 0.29) is 16.3 Å². The first-order valence-corrected chi connectivity index (χ1v) is 5.18. The zero-order chi connectivity index (χ0) is 12.8. The molecular formula is C10H9ClF3NO2. The number of pyridine rings is 1. The molecule has 0 saturated heterocycles. The van der Waals surface area contributed by atoms with Gasteiger partial charge in [-0.1, -0.05) is 11.6 Å². The van der Waals surface area contributed by atoms with Crippen LogP contribution in [0.1, 0.15) is 24.3 Å². The predicted octanol–water partition coefficient (Wildman–Crippen LogP) is 2.57. The van der Waals surface area contributed by atoms with Crippen LogP contribution in [0, 0.1) is 0 Å². The van der Waals surface area contributed by atoms with Crippen molar-refractivity contribution < 1.29 is 23.0 Å². The Morgan fingerprint density at radius 1 is 1.53 bits per heavy atom. The van der Waals surface area contributed by atoms with Crippen LogP contribution in [0.15, 0.2) is 12.3 Å². The predicted molar refractivity (Wildman–Crippen MR) is 53.5 cm³/mol. The van der Waals surface area contributed by atoms with E-state index < -0.39 is 24.5 Å². The molecule has 0 radical (unpaired) electrons. The number of fused-ring (bicyclic) bond motifs is 1. The molecule has 3 atom stereocenters. The average molecular weight is 268 g/mol. The number of aliphatic hydroxyl groups excluding tert-OH is 1. The topological polar surface area (TPSA) is 42.4 Å². The molecule has 0 bridgehead atoms. The highest BCUT2D eigenvalue weighted by Gasteiger charge is 2.51. The molecule has 1 aromatic rings. The summed E-state index contributed by atoms with van der Waals surface area (Å²) < 4.78 is 43.4. The number of ether oxygens (including phenoxy) is 1. The van der Waals surface area contributed by atoms with E-state index in [0.717, 1.165) is 6.92 Å². The van der Waals surface area contributed by atoms with E-state index in [4.69, 9.17) is 16.3 Å². The Bertz CT molecular complexity index is 446. The fourth-order valence-corrected chi connectivity index (χ4v) is 2.04. The Hall–Kier alpha value is -0.850. The third-order valence-corrected chi connectivity index (χ3v) is 3.01. The molecule has 2 rings (SSSR count). The fraction of sp³-hybridized carbons (Fsp3) is 0.500. The van der Waals surface area contributed by atoms with Gasteiger partial charge >= 0.3 is 0 Å². The number of nitrogens with zero attached hydrogens (tertiary/aromatic N) is 1. The van der Waals surface area contributed by atoms with Crippen molar-refractivity contribution in [2.45, 2.75) is 31.4 Å². The summed E-state index contributed by atoms with van der Waals surface area (Å²) in [5, 5.41) is 9.54. The van der Waals surface area contributed by atoms with Crippen molar-refractivity contribution in [3.63, 3.8) is 0 Å². The minimum absolute atomic E-state index is 0.0224. The Morgan fingerprint density at radius 3 is 2.76 bits per heavy atom. The quantitative estimate of drug-likeness (QED) is 0.838. The van der Waals surface area contributed by atoms with E-state index >= 15 is 0 Å². The van der Waals surface area contributed by atoms with Crippen LogP contribution < -0.4 is 0 Å². The maximum Gasteiger partial charge on any atom is 0.272 e. The van der Waals surface area contributed by atoms with E-state index in [0.29, 0.717) is 0 Å². The summed E-state index contributed by atoms with van der Waals surface area (Å²) in [6.07, 6.45) is -6.06. The molecule has 0 fully saturated rings. The number of alkyl halides is 3. The second-order valence-electron chi connectivity index (χ2n) is 3.91. The maximum atomic E-state index is 13.5. The molecule has 3 unspecified atom stereocenters. The molecule has 0 aromatic carbocycles. The molecule has 0 saturated carbocycles. The smallest absolute Gasteiger partial charge is 0.272 e. The van der Waals surface area contributed by atoms with Gasteiger partial charge in [-0.2, -0.15) is 0 Å². The molecule has 1 aromatic heterocycles. The number of halogens is 4. The zero-order valence-corrected chi connectivity index (χ0v) is 9.46. The number of hydrogen-bond donors (Lipinski definition) is 1. The summed E-state index contributed by atoms with van der Waals surface area (Å²) in [4.78, 5) is 3.69. The summed E-state index contributed by atoms with van der Waals surface area (Å²) >= 11 is 5.62. The van der Waals surface area contributed by atoms with Crippen LogP contribution >= 0.6 is 11.6 Å². The Kier molecular flexibility index (Phi) is 3.05. The standard InChI is InChI=1S/C10H9ClF3NO2/c1-10(7(12)8(13)14)5-2-6(11)15-3-4(5)9(16)17-10/h2-3,7-9,16H,1H3. The van der Waals surface area contributed by atoms with Crippen molar-refractivity contribution in [3.05, 3.63) is 28.5 Å². The normalized spacial score (nSPS) is 29.5. The lowest BCUT2D eigenvalue weighted by Crippen LogP contribution is -2.38. The third-order valence-electron chi connectivity index (χ3n) is 2.81. The van der Waals surface area contributed by atoms with Crippen LogP contribution in [-0.2, 0) is 10.3 Å². The Labute approximate surface area is 100 Å². The molecule has 1 aliphatic heterocycles. The van der Waals surface area contributed by atoms with Gasteiger partial charge in [0, 0.05) is 11.8 Å². The Balaban J connectivity index is 2.51. The van der Waals surface area contributed by atoms with Crippen LogP contribution in [0.25, 0.3) is 0 Å². The van der Waals surface area contributed by atoms with Gasteiger partial charge in [0.05, 0.1) is 0 Å². The molecule has 0 aliphatic carbocycles. The molecular weight excluding hydrogens is 259 g/mol. The lowest BCUT2D eigenvalue weighted by molar-refractivity contribution is -0.207. The highest BCUT2D eigenvalue weighted by atomic mass is 35.5. The summed E-state index contributed by atoms with van der Waals surface area (Å²) in [6, 6.07) is 1.22.